The van der Waals surface area contributed by atoms with Gasteiger partial charge in [0, 0.05) is 18.6 Å². The molecule has 0 aromatic carbocycles. The van der Waals surface area contributed by atoms with Crippen molar-refractivity contribution in [3.05, 3.63) is 0 Å². The lowest BCUT2D eigenvalue weighted by Crippen LogP contribution is -2.49. The molecule has 0 aromatic rings. The summed E-state index contributed by atoms with van der Waals surface area (Å²) in [6.07, 6.45) is 5.63. The maximum Gasteiger partial charge on any atom is 0.0232 e. The van der Waals surface area contributed by atoms with Crippen molar-refractivity contribution in [2.45, 2.75) is 58.5 Å². The van der Waals surface area contributed by atoms with Gasteiger partial charge in [0.05, 0.1) is 0 Å². The van der Waals surface area contributed by atoms with Crippen LogP contribution in [-0.4, -0.2) is 37.1 Å². The highest BCUT2D eigenvalue weighted by atomic mass is 15.2. The summed E-state index contributed by atoms with van der Waals surface area (Å²) >= 11 is 0. The number of nitrogens with one attached hydrogen (secondary N) is 1. The first kappa shape index (κ1) is 13.4. The molecule has 17 heavy (non-hydrogen) atoms. The second-order valence-electron chi connectivity index (χ2n) is 6.71. The Kier molecular flexibility index (Phi) is 4.48. The molecule has 1 aliphatic heterocycles. The van der Waals surface area contributed by atoms with E-state index in [-0.39, 0.29) is 0 Å². The molecular weight excluding hydrogens is 208 g/mol. The van der Waals surface area contributed by atoms with E-state index in [1.807, 2.05) is 0 Å². The molecule has 2 nitrogen and oxygen atoms in total. The van der Waals surface area contributed by atoms with E-state index in [9.17, 15) is 0 Å². The normalized spacial score (nSPS) is 39.2. The van der Waals surface area contributed by atoms with Crippen LogP contribution in [-0.2, 0) is 0 Å². The molecule has 1 saturated heterocycles. The van der Waals surface area contributed by atoms with Gasteiger partial charge in [0.1, 0.15) is 0 Å². The van der Waals surface area contributed by atoms with Crippen LogP contribution in [0.4, 0.5) is 0 Å². The average Bonchev–Trinajstić information content (AvgIpc) is 2.80. The standard InChI is InChI=1S/C15H30N2/c1-11(2)14-6-5-12(3)9-15(14)17(4)13-7-8-16-10-13/h11-16H,5-10H2,1-4H3. The number of rotatable bonds is 3. The Labute approximate surface area is 107 Å². The lowest BCUT2D eigenvalue weighted by Gasteiger charge is -2.44. The van der Waals surface area contributed by atoms with Crippen molar-refractivity contribution in [2.75, 3.05) is 20.1 Å². The minimum Gasteiger partial charge on any atom is -0.315 e. The fraction of sp³-hybridized carbons (Fsp3) is 1.00. The zero-order valence-corrected chi connectivity index (χ0v) is 12.1. The first-order valence-corrected chi connectivity index (χ1v) is 7.52. The Morgan fingerprint density at radius 1 is 1.18 bits per heavy atom. The summed E-state index contributed by atoms with van der Waals surface area (Å²) < 4.78 is 0. The number of hydrogen-bond donors (Lipinski definition) is 1. The van der Waals surface area contributed by atoms with Gasteiger partial charge in [0.15, 0.2) is 0 Å². The molecule has 1 saturated carbocycles. The van der Waals surface area contributed by atoms with Crippen molar-refractivity contribution in [1.29, 1.82) is 0 Å². The molecule has 1 aliphatic carbocycles. The highest BCUT2D eigenvalue weighted by Gasteiger charge is 2.36. The highest BCUT2D eigenvalue weighted by Crippen LogP contribution is 2.37. The summed E-state index contributed by atoms with van der Waals surface area (Å²) in [5, 5.41) is 3.51. The van der Waals surface area contributed by atoms with E-state index in [1.54, 1.807) is 0 Å². The van der Waals surface area contributed by atoms with Crippen LogP contribution in [0.1, 0.15) is 46.5 Å². The minimum absolute atomic E-state index is 0.784. The molecule has 0 aromatic heterocycles. The van der Waals surface area contributed by atoms with Crippen LogP contribution in [0.5, 0.6) is 0 Å². The number of hydrogen-bond acceptors (Lipinski definition) is 2. The van der Waals surface area contributed by atoms with Gasteiger partial charge >= 0.3 is 0 Å². The monoisotopic (exact) mass is 238 g/mol. The van der Waals surface area contributed by atoms with Gasteiger partial charge in [0.25, 0.3) is 0 Å². The van der Waals surface area contributed by atoms with E-state index in [1.165, 1.54) is 38.8 Å². The van der Waals surface area contributed by atoms with Gasteiger partial charge in [-0.25, -0.2) is 0 Å². The summed E-state index contributed by atoms with van der Waals surface area (Å²) in [6, 6.07) is 1.61. The molecule has 0 amide bonds. The highest BCUT2D eigenvalue weighted by molar-refractivity contribution is 4.91. The molecule has 2 heteroatoms. The van der Waals surface area contributed by atoms with E-state index in [0.29, 0.717) is 0 Å². The van der Waals surface area contributed by atoms with Crippen LogP contribution in [0.15, 0.2) is 0 Å². The van der Waals surface area contributed by atoms with Gasteiger partial charge in [0.2, 0.25) is 0 Å². The minimum atomic E-state index is 0.784. The van der Waals surface area contributed by atoms with Crippen molar-refractivity contribution in [3.63, 3.8) is 0 Å². The smallest absolute Gasteiger partial charge is 0.0232 e. The molecule has 2 fully saturated rings. The number of likely N-dealkylation sites (N-methyl/N-ethyl adjacent to an activating group) is 1. The topological polar surface area (TPSA) is 15.3 Å². The predicted octanol–water partition coefficient (Wildman–Crippen LogP) is 2.74. The molecule has 2 aliphatic rings. The van der Waals surface area contributed by atoms with Crippen LogP contribution >= 0.6 is 0 Å². The SMILES string of the molecule is CC1CCC(C(C)C)C(N(C)C2CCNC2)C1. The average molecular weight is 238 g/mol. The van der Waals surface area contributed by atoms with Crippen molar-refractivity contribution < 1.29 is 0 Å². The second kappa shape index (κ2) is 5.71. The maximum absolute atomic E-state index is 3.51. The molecule has 100 valence electrons. The van der Waals surface area contributed by atoms with Gasteiger partial charge in [-0.1, -0.05) is 27.2 Å². The summed E-state index contributed by atoms with van der Waals surface area (Å²) in [7, 11) is 2.37. The quantitative estimate of drug-likeness (QED) is 0.813. The molecule has 1 heterocycles. The molecule has 1 N–H and O–H groups in total. The summed E-state index contributed by atoms with van der Waals surface area (Å²) in [5.41, 5.74) is 0. The van der Waals surface area contributed by atoms with E-state index < -0.39 is 0 Å². The molecule has 0 spiro atoms. The summed E-state index contributed by atoms with van der Waals surface area (Å²) in [6.45, 7) is 9.67. The Hall–Kier alpha value is -0.0800. The molecule has 4 atom stereocenters. The second-order valence-corrected chi connectivity index (χ2v) is 6.71. The van der Waals surface area contributed by atoms with Crippen molar-refractivity contribution in [3.8, 4) is 0 Å². The van der Waals surface area contributed by atoms with Crippen molar-refractivity contribution in [2.24, 2.45) is 17.8 Å². The predicted molar refractivity (Wildman–Crippen MR) is 74.2 cm³/mol. The van der Waals surface area contributed by atoms with Gasteiger partial charge in [-0.3, -0.25) is 4.90 Å². The zero-order chi connectivity index (χ0) is 12.4. The fourth-order valence-electron chi connectivity index (χ4n) is 3.88. The van der Waals surface area contributed by atoms with E-state index >= 15 is 0 Å². The fourth-order valence-corrected chi connectivity index (χ4v) is 3.88. The van der Waals surface area contributed by atoms with E-state index in [0.717, 1.165) is 29.8 Å². The Morgan fingerprint density at radius 3 is 2.53 bits per heavy atom. The molecule has 0 bridgehead atoms. The first-order valence-electron chi connectivity index (χ1n) is 7.52. The van der Waals surface area contributed by atoms with Gasteiger partial charge < -0.3 is 5.32 Å². The van der Waals surface area contributed by atoms with E-state index in [2.05, 4.69) is 38.0 Å². The Balaban J connectivity index is 2.02. The molecule has 4 unspecified atom stereocenters. The van der Waals surface area contributed by atoms with Gasteiger partial charge in [-0.2, -0.15) is 0 Å². The Morgan fingerprint density at radius 2 is 1.94 bits per heavy atom. The van der Waals surface area contributed by atoms with Gasteiger partial charge in [-0.15, -0.1) is 0 Å². The first-order chi connectivity index (χ1) is 8.09. The van der Waals surface area contributed by atoms with Crippen LogP contribution in [0.2, 0.25) is 0 Å². The molecular formula is C15H30N2. The zero-order valence-electron chi connectivity index (χ0n) is 12.1. The van der Waals surface area contributed by atoms with Gasteiger partial charge in [-0.05, 0) is 50.6 Å². The molecule has 2 rings (SSSR count). The maximum atomic E-state index is 3.51. The Bertz CT molecular complexity index is 233. The van der Waals surface area contributed by atoms with Crippen LogP contribution in [0, 0.1) is 17.8 Å². The summed E-state index contributed by atoms with van der Waals surface area (Å²) in [5.74, 6) is 2.67. The van der Waals surface area contributed by atoms with Crippen LogP contribution in [0.25, 0.3) is 0 Å². The van der Waals surface area contributed by atoms with E-state index in [4.69, 9.17) is 0 Å². The summed E-state index contributed by atoms with van der Waals surface area (Å²) in [4.78, 5) is 2.71. The van der Waals surface area contributed by atoms with Crippen LogP contribution in [0.3, 0.4) is 0 Å². The third-order valence-corrected chi connectivity index (χ3v) is 5.12. The molecule has 0 radical (unpaired) electrons. The lowest BCUT2D eigenvalue weighted by atomic mass is 9.73. The largest absolute Gasteiger partial charge is 0.315 e. The van der Waals surface area contributed by atoms with Crippen molar-refractivity contribution >= 4 is 0 Å². The van der Waals surface area contributed by atoms with Crippen molar-refractivity contribution in [1.82, 2.24) is 10.2 Å². The third-order valence-electron chi connectivity index (χ3n) is 5.12. The lowest BCUT2D eigenvalue weighted by molar-refractivity contribution is 0.0539. The number of nitrogens with zero attached hydrogens (tertiary/aromatic N) is 1. The third kappa shape index (κ3) is 3.03. The van der Waals surface area contributed by atoms with Crippen LogP contribution < -0.4 is 5.32 Å².